The number of fused-ring (bicyclic) bond motifs is 4. The van der Waals surface area contributed by atoms with Gasteiger partial charge in [-0.25, -0.2) is 0 Å². The fourth-order valence-corrected chi connectivity index (χ4v) is 15.3. The van der Waals surface area contributed by atoms with Crippen LogP contribution in [0.5, 0.6) is 0 Å². The Morgan fingerprint density at radius 1 is 0.313 bits per heavy atom. The molecule has 0 aliphatic carbocycles. The summed E-state index contributed by atoms with van der Waals surface area (Å²) < 4.78 is 2.40. The van der Waals surface area contributed by atoms with Crippen LogP contribution in [0, 0.1) is 0 Å². The number of anilines is 3. The van der Waals surface area contributed by atoms with Crippen LogP contribution in [0.15, 0.2) is 279 Å². The van der Waals surface area contributed by atoms with Crippen LogP contribution >= 0.6 is 0 Å². The molecular formula is C64H46N2Si. The standard InChI is InChI=1S/C64H46N2Si/c1-5-23-51(24-6-1)66-61-35-16-15-33-60(61)64-62(36-19-37-63(64)66)65(53-44-40-49(41-45-53)59-34-18-21-48-20-13-14-32-58(48)59)52-42-38-47(39-43-52)50-22-17-31-57(46-50)67(54-25-7-2-8-26-54,55-27-9-3-10-28-55)56-29-11-4-12-30-56/h1-46H. The van der Waals surface area contributed by atoms with Crippen LogP contribution in [-0.4, -0.2) is 12.6 Å². The van der Waals surface area contributed by atoms with Crippen molar-refractivity contribution in [2.24, 2.45) is 0 Å². The van der Waals surface area contributed by atoms with Crippen molar-refractivity contribution in [3.63, 3.8) is 0 Å². The minimum absolute atomic E-state index is 1.09. The lowest BCUT2D eigenvalue weighted by molar-refractivity contribution is 1.18. The van der Waals surface area contributed by atoms with Gasteiger partial charge >= 0.3 is 0 Å². The fourth-order valence-electron chi connectivity index (χ4n) is 10.5. The molecule has 0 aliphatic rings. The van der Waals surface area contributed by atoms with Crippen molar-refractivity contribution >= 4 is 78.5 Å². The van der Waals surface area contributed by atoms with Gasteiger partial charge in [0.1, 0.15) is 0 Å². The van der Waals surface area contributed by atoms with Crippen molar-refractivity contribution in [1.29, 1.82) is 0 Å². The van der Waals surface area contributed by atoms with E-state index in [1.807, 2.05) is 0 Å². The van der Waals surface area contributed by atoms with Gasteiger partial charge in [0.25, 0.3) is 0 Å². The van der Waals surface area contributed by atoms with Crippen molar-refractivity contribution < 1.29 is 0 Å². The largest absolute Gasteiger partial charge is 0.310 e. The van der Waals surface area contributed by atoms with Gasteiger partial charge in [0.15, 0.2) is 8.07 Å². The van der Waals surface area contributed by atoms with E-state index in [0.717, 1.165) is 22.7 Å². The van der Waals surface area contributed by atoms with Crippen LogP contribution < -0.4 is 25.6 Å². The molecule has 12 rings (SSSR count). The lowest BCUT2D eigenvalue weighted by Gasteiger charge is -2.34. The average molecular weight is 871 g/mol. The van der Waals surface area contributed by atoms with E-state index in [2.05, 4.69) is 289 Å². The highest BCUT2D eigenvalue weighted by atomic mass is 28.3. The molecule has 0 N–H and O–H groups in total. The topological polar surface area (TPSA) is 8.17 Å². The maximum atomic E-state index is 2.46. The number of hydrogen-bond acceptors (Lipinski definition) is 1. The minimum Gasteiger partial charge on any atom is -0.310 e. The van der Waals surface area contributed by atoms with Gasteiger partial charge in [0.05, 0.1) is 16.7 Å². The summed E-state index contributed by atoms with van der Waals surface area (Å²) in [6.07, 6.45) is 0. The second-order valence-electron chi connectivity index (χ2n) is 17.2. The van der Waals surface area contributed by atoms with Gasteiger partial charge in [-0.15, -0.1) is 0 Å². The van der Waals surface area contributed by atoms with E-state index in [1.165, 1.54) is 75.6 Å². The summed E-state index contributed by atoms with van der Waals surface area (Å²) in [6.45, 7) is 0. The smallest absolute Gasteiger partial charge is 0.179 e. The van der Waals surface area contributed by atoms with Crippen molar-refractivity contribution in [3.8, 4) is 27.9 Å². The Morgan fingerprint density at radius 2 is 0.791 bits per heavy atom. The van der Waals surface area contributed by atoms with Crippen LogP contribution in [0.3, 0.4) is 0 Å². The molecule has 1 aromatic heterocycles. The zero-order valence-electron chi connectivity index (χ0n) is 37.0. The third-order valence-corrected chi connectivity index (χ3v) is 18.3. The molecule has 0 fully saturated rings. The molecule has 0 spiro atoms. The fraction of sp³-hybridized carbons (Fsp3) is 0. The van der Waals surface area contributed by atoms with Crippen molar-refractivity contribution in [3.05, 3.63) is 279 Å². The molecule has 1 heterocycles. The second-order valence-corrected chi connectivity index (χ2v) is 21.1. The highest BCUT2D eigenvalue weighted by Gasteiger charge is 2.41. The first-order valence-electron chi connectivity index (χ1n) is 23.1. The zero-order chi connectivity index (χ0) is 44.6. The molecule has 0 unspecified atom stereocenters. The van der Waals surface area contributed by atoms with Crippen LogP contribution in [0.4, 0.5) is 17.1 Å². The summed E-state index contributed by atoms with van der Waals surface area (Å²) in [5.74, 6) is 0. The maximum absolute atomic E-state index is 2.71. The van der Waals surface area contributed by atoms with Crippen LogP contribution in [0.25, 0.3) is 60.5 Å². The Kier molecular flexibility index (Phi) is 10.2. The van der Waals surface area contributed by atoms with Crippen molar-refractivity contribution in [2.75, 3.05) is 4.90 Å². The van der Waals surface area contributed by atoms with E-state index in [0.29, 0.717) is 0 Å². The minimum atomic E-state index is -2.71. The molecule has 316 valence electrons. The molecule has 0 saturated heterocycles. The predicted octanol–water partition coefficient (Wildman–Crippen LogP) is 14.1. The molecule has 0 saturated carbocycles. The quantitative estimate of drug-likeness (QED) is 0.0982. The first-order valence-corrected chi connectivity index (χ1v) is 25.1. The zero-order valence-corrected chi connectivity index (χ0v) is 38.0. The van der Waals surface area contributed by atoms with Gasteiger partial charge in [-0.3, -0.25) is 0 Å². The highest BCUT2D eigenvalue weighted by molar-refractivity contribution is 7.19. The summed E-state index contributed by atoms with van der Waals surface area (Å²) in [5, 5.41) is 10.4. The Labute approximate surface area is 392 Å². The molecule has 0 amide bonds. The second kappa shape index (κ2) is 17.1. The summed E-state index contributed by atoms with van der Waals surface area (Å²) >= 11 is 0. The molecule has 3 heteroatoms. The number of benzene rings is 11. The van der Waals surface area contributed by atoms with E-state index < -0.39 is 8.07 Å². The Hall–Kier alpha value is -8.50. The van der Waals surface area contributed by atoms with E-state index in [1.54, 1.807) is 0 Å². The first-order chi connectivity index (χ1) is 33.3. The molecule has 67 heavy (non-hydrogen) atoms. The number of rotatable bonds is 10. The molecule has 12 aromatic rings. The summed E-state index contributed by atoms with van der Waals surface area (Å²) in [6, 6.07) is 103. The van der Waals surface area contributed by atoms with E-state index in [4.69, 9.17) is 0 Å². The van der Waals surface area contributed by atoms with Crippen molar-refractivity contribution in [1.82, 2.24) is 4.57 Å². The Balaban J connectivity index is 1.02. The molecule has 0 bridgehead atoms. The summed E-state index contributed by atoms with van der Waals surface area (Å²) in [4.78, 5) is 2.44. The average Bonchev–Trinajstić information content (AvgIpc) is 3.76. The van der Waals surface area contributed by atoms with Crippen LogP contribution in [0.1, 0.15) is 0 Å². The van der Waals surface area contributed by atoms with Gasteiger partial charge in [0, 0.05) is 27.8 Å². The number of nitrogens with zero attached hydrogens (tertiary/aromatic N) is 2. The summed E-state index contributed by atoms with van der Waals surface area (Å²) in [5.41, 5.74) is 11.6. The van der Waals surface area contributed by atoms with Gasteiger partial charge in [0.2, 0.25) is 0 Å². The highest BCUT2D eigenvalue weighted by Crippen LogP contribution is 2.44. The Morgan fingerprint density at radius 3 is 1.43 bits per heavy atom. The van der Waals surface area contributed by atoms with Gasteiger partial charge < -0.3 is 9.47 Å². The van der Waals surface area contributed by atoms with Gasteiger partial charge in [-0.1, -0.05) is 224 Å². The lowest BCUT2D eigenvalue weighted by Crippen LogP contribution is -2.74. The molecule has 0 radical (unpaired) electrons. The molecular weight excluding hydrogens is 825 g/mol. The van der Waals surface area contributed by atoms with Crippen LogP contribution in [-0.2, 0) is 0 Å². The first kappa shape index (κ1) is 40.0. The third-order valence-electron chi connectivity index (χ3n) is 13.5. The van der Waals surface area contributed by atoms with Crippen LogP contribution in [0.2, 0.25) is 0 Å². The van der Waals surface area contributed by atoms with E-state index in [9.17, 15) is 0 Å². The normalized spacial score (nSPS) is 11.6. The van der Waals surface area contributed by atoms with E-state index >= 15 is 0 Å². The lowest BCUT2D eigenvalue weighted by atomic mass is 9.98. The number of aromatic nitrogens is 1. The number of hydrogen-bond donors (Lipinski definition) is 0. The molecule has 0 atom stereocenters. The van der Waals surface area contributed by atoms with Gasteiger partial charge in [-0.2, -0.15) is 0 Å². The summed E-state index contributed by atoms with van der Waals surface area (Å²) in [7, 11) is -2.71. The Bertz CT molecular complexity index is 3560. The maximum Gasteiger partial charge on any atom is 0.179 e. The molecule has 2 nitrogen and oxygen atoms in total. The molecule has 11 aromatic carbocycles. The molecule has 0 aliphatic heterocycles. The third kappa shape index (κ3) is 6.96. The van der Waals surface area contributed by atoms with Crippen molar-refractivity contribution in [2.45, 2.75) is 0 Å². The predicted molar refractivity (Wildman–Crippen MR) is 287 cm³/mol. The monoisotopic (exact) mass is 870 g/mol. The SMILES string of the molecule is c1ccc(-n2c3ccccc3c3c(N(c4ccc(-c5cccc([Si](c6ccccc6)(c6ccccc6)c6ccccc6)c5)cc4)c4ccc(-c5cccc6ccccc56)cc4)cccc32)cc1. The van der Waals surface area contributed by atoms with Gasteiger partial charge in [-0.05, 0) is 108 Å². The number of para-hydroxylation sites is 2. The van der Waals surface area contributed by atoms with E-state index in [-0.39, 0.29) is 0 Å².